The zero-order chi connectivity index (χ0) is 17.8. The van der Waals surface area contributed by atoms with Gasteiger partial charge in [-0.25, -0.2) is 13.2 Å². The number of hydrogen-bond donors (Lipinski definition) is 0. The minimum Gasteiger partial charge on any atom is -0.372 e. The molecule has 0 unspecified atom stereocenters. The summed E-state index contributed by atoms with van der Waals surface area (Å²) in [7, 11) is 0. The van der Waals surface area contributed by atoms with Crippen LogP contribution in [0.4, 0.5) is 13.2 Å². The van der Waals surface area contributed by atoms with E-state index < -0.39 is 17.5 Å². The van der Waals surface area contributed by atoms with Crippen LogP contribution >= 0.6 is 0 Å². The van der Waals surface area contributed by atoms with E-state index in [2.05, 4.69) is 0 Å². The number of nitrogens with zero attached hydrogens (tertiary/aromatic N) is 1. The quantitative estimate of drug-likeness (QED) is 0.837. The van der Waals surface area contributed by atoms with E-state index in [1.807, 2.05) is 0 Å². The Morgan fingerprint density at radius 2 is 1.84 bits per heavy atom. The smallest absolute Gasteiger partial charge is 0.256 e. The number of piperidine rings is 1. The largest absolute Gasteiger partial charge is 0.372 e. The summed E-state index contributed by atoms with van der Waals surface area (Å²) in [6.45, 7) is 0.910. The van der Waals surface area contributed by atoms with Crippen molar-refractivity contribution in [2.24, 2.45) is 0 Å². The number of hydrogen-bond acceptors (Lipinski definition) is 2. The number of rotatable bonds is 4. The Labute approximate surface area is 144 Å². The lowest BCUT2D eigenvalue weighted by atomic mass is 10.1. The molecule has 1 atom stereocenters. The number of likely N-dealkylation sites (tertiary alicyclic amines) is 1. The standard InChI is InChI=1S/C19H18F3NO2/c20-14-8-13(9-15(21)10-14)12-25-16-4-3-7-23(11-16)19(24)17-5-1-2-6-18(17)22/h1-2,5-6,8-10,16H,3-4,7,11-12H2/t16-/m0/s1. The maximum Gasteiger partial charge on any atom is 0.256 e. The van der Waals surface area contributed by atoms with Crippen LogP contribution < -0.4 is 0 Å². The molecule has 0 saturated carbocycles. The van der Waals surface area contributed by atoms with Gasteiger partial charge in [0.2, 0.25) is 0 Å². The van der Waals surface area contributed by atoms with E-state index in [1.54, 1.807) is 11.0 Å². The molecule has 0 spiro atoms. The summed E-state index contributed by atoms with van der Waals surface area (Å²) in [5.74, 6) is -2.23. The zero-order valence-electron chi connectivity index (χ0n) is 13.6. The molecule has 132 valence electrons. The van der Waals surface area contributed by atoms with Crippen molar-refractivity contribution in [3.63, 3.8) is 0 Å². The molecular weight excluding hydrogens is 331 g/mol. The van der Waals surface area contributed by atoms with Gasteiger partial charge in [0.25, 0.3) is 5.91 Å². The van der Waals surface area contributed by atoms with E-state index in [1.165, 1.54) is 30.3 Å². The molecule has 1 aliphatic heterocycles. The Morgan fingerprint density at radius 3 is 2.56 bits per heavy atom. The zero-order valence-corrected chi connectivity index (χ0v) is 13.6. The molecule has 0 aromatic heterocycles. The normalized spacial score (nSPS) is 17.6. The van der Waals surface area contributed by atoms with Crippen molar-refractivity contribution in [2.45, 2.75) is 25.6 Å². The minimum absolute atomic E-state index is 0.0374. The lowest BCUT2D eigenvalue weighted by molar-refractivity contribution is -0.00698. The fraction of sp³-hybridized carbons (Fsp3) is 0.316. The first-order valence-corrected chi connectivity index (χ1v) is 8.13. The van der Waals surface area contributed by atoms with Gasteiger partial charge in [-0.2, -0.15) is 0 Å². The molecule has 1 amide bonds. The molecule has 1 saturated heterocycles. The molecule has 2 aromatic carbocycles. The summed E-state index contributed by atoms with van der Waals surface area (Å²) in [5, 5.41) is 0. The van der Waals surface area contributed by atoms with Gasteiger partial charge < -0.3 is 9.64 Å². The highest BCUT2D eigenvalue weighted by Gasteiger charge is 2.26. The molecule has 1 aliphatic rings. The molecule has 25 heavy (non-hydrogen) atoms. The van der Waals surface area contributed by atoms with Crippen molar-refractivity contribution in [1.29, 1.82) is 0 Å². The average molecular weight is 349 g/mol. The molecule has 0 radical (unpaired) electrons. The van der Waals surface area contributed by atoms with E-state index in [0.717, 1.165) is 18.9 Å². The molecule has 1 fully saturated rings. The summed E-state index contributed by atoms with van der Waals surface area (Å²) in [4.78, 5) is 14.0. The van der Waals surface area contributed by atoms with Gasteiger partial charge in [-0.05, 0) is 42.7 Å². The number of benzene rings is 2. The van der Waals surface area contributed by atoms with E-state index >= 15 is 0 Å². The molecule has 0 aliphatic carbocycles. The van der Waals surface area contributed by atoms with Crippen LogP contribution in [0.3, 0.4) is 0 Å². The number of halogens is 3. The fourth-order valence-electron chi connectivity index (χ4n) is 2.97. The first-order valence-electron chi connectivity index (χ1n) is 8.13. The Bertz CT molecular complexity index is 746. The number of amides is 1. The highest BCUT2D eigenvalue weighted by molar-refractivity contribution is 5.94. The monoisotopic (exact) mass is 349 g/mol. The van der Waals surface area contributed by atoms with Gasteiger partial charge >= 0.3 is 0 Å². The number of ether oxygens (including phenoxy) is 1. The lowest BCUT2D eigenvalue weighted by Gasteiger charge is -2.32. The van der Waals surface area contributed by atoms with Crippen LogP contribution in [0.2, 0.25) is 0 Å². The molecular formula is C19H18F3NO2. The molecule has 1 heterocycles. The second kappa shape index (κ2) is 7.70. The van der Waals surface area contributed by atoms with E-state index in [0.29, 0.717) is 18.7 Å². The van der Waals surface area contributed by atoms with Gasteiger partial charge in [0.1, 0.15) is 17.5 Å². The Hall–Kier alpha value is -2.34. The first kappa shape index (κ1) is 17.5. The Kier molecular flexibility index (Phi) is 5.38. The second-order valence-corrected chi connectivity index (χ2v) is 6.08. The SMILES string of the molecule is O=C(c1ccccc1F)N1CCC[C@H](OCc2cc(F)cc(F)c2)C1. The van der Waals surface area contributed by atoms with Gasteiger partial charge in [0.05, 0.1) is 18.3 Å². The molecule has 3 rings (SSSR count). The highest BCUT2D eigenvalue weighted by atomic mass is 19.1. The summed E-state index contributed by atoms with van der Waals surface area (Å²) >= 11 is 0. The van der Waals surface area contributed by atoms with Crippen LogP contribution in [-0.4, -0.2) is 30.0 Å². The Morgan fingerprint density at radius 1 is 1.12 bits per heavy atom. The minimum atomic E-state index is -0.654. The summed E-state index contributed by atoms with van der Waals surface area (Å²) in [5.41, 5.74) is 0.436. The first-order chi connectivity index (χ1) is 12.0. The fourth-order valence-corrected chi connectivity index (χ4v) is 2.97. The van der Waals surface area contributed by atoms with Gasteiger partial charge in [-0.15, -0.1) is 0 Å². The van der Waals surface area contributed by atoms with Crippen molar-refractivity contribution in [3.05, 3.63) is 71.0 Å². The third-order valence-electron chi connectivity index (χ3n) is 4.18. The van der Waals surface area contributed by atoms with Gasteiger partial charge in [-0.3, -0.25) is 4.79 Å². The van der Waals surface area contributed by atoms with Gasteiger partial charge in [0.15, 0.2) is 0 Å². The molecule has 3 nitrogen and oxygen atoms in total. The third-order valence-corrected chi connectivity index (χ3v) is 4.18. The van der Waals surface area contributed by atoms with Crippen LogP contribution in [0, 0.1) is 17.5 Å². The van der Waals surface area contributed by atoms with Crippen LogP contribution in [0.5, 0.6) is 0 Å². The van der Waals surface area contributed by atoms with Crippen molar-refractivity contribution in [1.82, 2.24) is 4.90 Å². The van der Waals surface area contributed by atoms with Crippen molar-refractivity contribution < 1.29 is 22.7 Å². The van der Waals surface area contributed by atoms with Crippen LogP contribution in [-0.2, 0) is 11.3 Å². The number of carbonyl (C=O) groups excluding carboxylic acids is 1. The van der Waals surface area contributed by atoms with Crippen molar-refractivity contribution in [3.8, 4) is 0 Å². The van der Waals surface area contributed by atoms with Crippen molar-refractivity contribution in [2.75, 3.05) is 13.1 Å². The predicted molar refractivity (Wildman–Crippen MR) is 86.5 cm³/mol. The van der Waals surface area contributed by atoms with Crippen LogP contribution in [0.1, 0.15) is 28.8 Å². The maximum absolute atomic E-state index is 13.8. The molecule has 2 aromatic rings. The average Bonchev–Trinajstić information content (AvgIpc) is 2.59. The van der Waals surface area contributed by atoms with E-state index in [9.17, 15) is 18.0 Å². The second-order valence-electron chi connectivity index (χ2n) is 6.08. The Balaban J connectivity index is 1.61. The lowest BCUT2D eigenvalue weighted by Crippen LogP contribution is -2.43. The topological polar surface area (TPSA) is 29.5 Å². The predicted octanol–water partition coefficient (Wildman–Crippen LogP) is 3.93. The summed E-state index contributed by atoms with van der Waals surface area (Å²) in [6.07, 6.45) is 1.21. The summed E-state index contributed by atoms with van der Waals surface area (Å²) < 4.78 is 45.9. The van der Waals surface area contributed by atoms with Crippen LogP contribution in [0.25, 0.3) is 0 Å². The van der Waals surface area contributed by atoms with E-state index in [-0.39, 0.29) is 24.2 Å². The van der Waals surface area contributed by atoms with E-state index in [4.69, 9.17) is 4.74 Å². The van der Waals surface area contributed by atoms with Crippen molar-refractivity contribution >= 4 is 5.91 Å². The highest BCUT2D eigenvalue weighted by Crippen LogP contribution is 2.19. The number of carbonyl (C=O) groups is 1. The molecule has 0 bridgehead atoms. The summed E-state index contributed by atoms with van der Waals surface area (Å²) in [6, 6.07) is 9.10. The van der Waals surface area contributed by atoms with Gasteiger partial charge in [-0.1, -0.05) is 12.1 Å². The third kappa shape index (κ3) is 4.39. The van der Waals surface area contributed by atoms with Crippen LogP contribution in [0.15, 0.2) is 42.5 Å². The molecule has 6 heteroatoms. The molecule has 0 N–H and O–H groups in total. The maximum atomic E-state index is 13.8. The van der Waals surface area contributed by atoms with Gasteiger partial charge in [0, 0.05) is 19.2 Å².